The Morgan fingerprint density at radius 1 is 1.00 bits per heavy atom. The molecule has 6 heteroatoms. The SMILES string of the molecule is COc1cc(C(=O)NNC(=O)C23CC4CC(CC(C4)C2)C3)ccc1OC(C)C. The Hall–Kier alpha value is -2.24. The molecule has 4 aliphatic carbocycles. The van der Waals surface area contributed by atoms with E-state index in [1.165, 1.54) is 19.3 Å². The van der Waals surface area contributed by atoms with Crippen molar-refractivity contribution in [3.63, 3.8) is 0 Å². The number of nitrogens with one attached hydrogen (secondary N) is 2. The third-order valence-corrected chi connectivity index (χ3v) is 6.60. The normalized spacial score (nSPS) is 30.2. The number of hydrogen-bond acceptors (Lipinski definition) is 4. The van der Waals surface area contributed by atoms with Gasteiger partial charge in [-0.25, -0.2) is 0 Å². The molecule has 0 aliphatic heterocycles. The summed E-state index contributed by atoms with van der Waals surface area (Å²) in [5.74, 6) is 2.76. The van der Waals surface area contributed by atoms with Gasteiger partial charge in [0.05, 0.1) is 18.6 Å². The van der Waals surface area contributed by atoms with Crippen LogP contribution in [-0.2, 0) is 4.79 Å². The molecule has 0 spiro atoms. The fourth-order valence-corrected chi connectivity index (χ4v) is 5.87. The van der Waals surface area contributed by atoms with Crippen LogP contribution < -0.4 is 20.3 Å². The van der Waals surface area contributed by atoms with Crippen LogP contribution in [0.4, 0.5) is 0 Å². The molecule has 4 fully saturated rings. The molecule has 28 heavy (non-hydrogen) atoms. The largest absolute Gasteiger partial charge is 0.493 e. The quantitative estimate of drug-likeness (QED) is 0.760. The first-order valence-corrected chi connectivity index (χ1v) is 10.3. The van der Waals surface area contributed by atoms with E-state index in [0.29, 0.717) is 34.8 Å². The van der Waals surface area contributed by atoms with Crippen molar-refractivity contribution in [1.82, 2.24) is 10.9 Å². The van der Waals surface area contributed by atoms with Gasteiger partial charge in [-0.3, -0.25) is 20.4 Å². The van der Waals surface area contributed by atoms with E-state index in [4.69, 9.17) is 9.47 Å². The van der Waals surface area contributed by atoms with E-state index in [9.17, 15) is 9.59 Å². The zero-order chi connectivity index (χ0) is 19.9. The Morgan fingerprint density at radius 3 is 2.14 bits per heavy atom. The maximum Gasteiger partial charge on any atom is 0.269 e. The minimum absolute atomic E-state index is 0.00754. The van der Waals surface area contributed by atoms with E-state index >= 15 is 0 Å². The highest BCUT2D eigenvalue weighted by molar-refractivity contribution is 5.96. The van der Waals surface area contributed by atoms with Gasteiger partial charge < -0.3 is 9.47 Å². The molecule has 0 saturated heterocycles. The van der Waals surface area contributed by atoms with Gasteiger partial charge in [0.25, 0.3) is 5.91 Å². The lowest BCUT2D eigenvalue weighted by atomic mass is 9.49. The topological polar surface area (TPSA) is 76.7 Å². The monoisotopic (exact) mass is 386 g/mol. The number of rotatable bonds is 5. The van der Waals surface area contributed by atoms with Crippen LogP contribution in [0, 0.1) is 23.2 Å². The zero-order valence-corrected chi connectivity index (χ0v) is 16.9. The molecule has 2 N–H and O–H groups in total. The standard InChI is InChI=1S/C22H30N2O4/c1-13(2)28-18-5-4-17(9-19(18)27-3)20(25)23-24-21(26)22-10-14-6-15(11-22)8-16(7-14)12-22/h4-5,9,13-16H,6-8,10-12H2,1-3H3,(H,23,25)(H,24,26). The van der Waals surface area contributed by atoms with Gasteiger partial charge >= 0.3 is 0 Å². The molecule has 0 radical (unpaired) electrons. The second-order valence-corrected chi connectivity index (χ2v) is 9.14. The van der Waals surface area contributed by atoms with Crippen molar-refractivity contribution in [2.24, 2.45) is 23.2 Å². The number of carbonyl (C=O) groups excluding carboxylic acids is 2. The van der Waals surface area contributed by atoms with Crippen LogP contribution in [0.25, 0.3) is 0 Å². The molecule has 4 saturated carbocycles. The van der Waals surface area contributed by atoms with Crippen LogP contribution in [0.5, 0.6) is 11.5 Å². The van der Waals surface area contributed by atoms with E-state index in [2.05, 4.69) is 10.9 Å². The van der Waals surface area contributed by atoms with Crippen molar-refractivity contribution in [2.45, 2.75) is 58.5 Å². The Bertz CT molecular complexity index is 739. The van der Waals surface area contributed by atoms with Gasteiger partial charge in [-0.05, 0) is 88.3 Å². The number of ether oxygens (including phenoxy) is 2. The van der Waals surface area contributed by atoms with Crippen LogP contribution >= 0.6 is 0 Å². The van der Waals surface area contributed by atoms with Crippen molar-refractivity contribution >= 4 is 11.8 Å². The first-order valence-electron chi connectivity index (χ1n) is 10.3. The fourth-order valence-electron chi connectivity index (χ4n) is 5.87. The average Bonchev–Trinajstić information content (AvgIpc) is 2.64. The summed E-state index contributed by atoms with van der Waals surface area (Å²) in [6, 6.07) is 5.02. The Balaban J connectivity index is 1.40. The Kier molecular flexibility index (Phi) is 4.98. The molecule has 4 aliphatic rings. The first-order chi connectivity index (χ1) is 13.4. The van der Waals surface area contributed by atoms with Gasteiger partial charge in [-0.1, -0.05) is 0 Å². The number of methoxy groups -OCH3 is 1. The van der Waals surface area contributed by atoms with Crippen LogP contribution in [0.15, 0.2) is 18.2 Å². The minimum Gasteiger partial charge on any atom is -0.493 e. The van der Waals surface area contributed by atoms with Crippen LogP contribution in [-0.4, -0.2) is 25.0 Å². The molecule has 0 unspecified atom stereocenters. The van der Waals surface area contributed by atoms with Gasteiger partial charge in [0.2, 0.25) is 5.91 Å². The van der Waals surface area contributed by atoms with Crippen molar-refractivity contribution in [2.75, 3.05) is 7.11 Å². The maximum absolute atomic E-state index is 13.0. The summed E-state index contributed by atoms with van der Waals surface area (Å²) in [6.07, 6.45) is 6.76. The minimum atomic E-state index is -0.354. The van der Waals surface area contributed by atoms with Crippen LogP contribution in [0.2, 0.25) is 0 Å². The van der Waals surface area contributed by atoms with Gasteiger partial charge in [0.15, 0.2) is 11.5 Å². The molecule has 1 aromatic carbocycles. The zero-order valence-electron chi connectivity index (χ0n) is 16.9. The van der Waals surface area contributed by atoms with Crippen molar-refractivity contribution in [1.29, 1.82) is 0 Å². The van der Waals surface area contributed by atoms with Gasteiger partial charge in [0, 0.05) is 5.56 Å². The summed E-state index contributed by atoms with van der Waals surface area (Å²) in [4.78, 5) is 25.5. The highest BCUT2D eigenvalue weighted by atomic mass is 16.5. The molecule has 0 heterocycles. The molecule has 0 atom stereocenters. The smallest absolute Gasteiger partial charge is 0.269 e. The predicted octanol–water partition coefficient (Wildman–Crippen LogP) is 3.46. The Morgan fingerprint density at radius 2 is 1.61 bits per heavy atom. The number of benzene rings is 1. The molecule has 6 nitrogen and oxygen atoms in total. The number of carbonyl (C=O) groups is 2. The van der Waals surface area contributed by atoms with Crippen molar-refractivity contribution in [3.05, 3.63) is 23.8 Å². The van der Waals surface area contributed by atoms with E-state index in [0.717, 1.165) is 19.3 Å². The highest BCUT2D eigenvalue weighted by Gasteiger charge is 2.54. The lowest BCUT2D eigenvalue weighted by Crippen LogP contribution is -2.56. The molecule has 152 valence electrons. The van der Waals surface area contributed by atoms with Gasteiger partial charge in [0.1, 0.15) is 0 Å². The first kappa shape index (κ1) is 19.1. The summed E-state index contributed by atoms with van der Waals surface area (Å²) in [6.45, 7) is 3.86. The number of hydrogen-bond donors (Lipinski definition) is 2. The summed E-state index contributed by atoms with van der Waals surface area (Å²) in [5, 5.41) is 0. The van der Waals surface area contributed by atoms with Gasteiger partial charge in [-0.2, -0.15) is 0 Å². The van der Waals surface area contributed by atoms with E-state index in [-0.39, 0.29) is 23.3 Å². The molecule has 5 rings (SSSR count). The van der Waals surface area contributed by atoms with Crippen molar-refractivity contribution < 1.29 is 19.1 Å². The fraction of sp³-hybridized carbons (Fsp3) is 0.636. The second kappa shape index (κ2) is 7.30. The molecule has 0 aromatic heterocycles. The van der Waals surface area contributed by atoms with Crippen LogP contribution in [0.3, 0.4) is 0 Å². The van der Waals surface area contributed by atoms with E-state index in [1.54, 1.807) is 25.3 Å². The second-order valence-electron chi connectivity index (χ2n) is 9.14. The molecule has 2 amide bonds. The summed E-state index contributed by atoms with van der Waals surface area (Å²) in [5.41, 5.74) is 5.44. The lowest BCUT2D eigenvalue weighted by molar-refractivity contribution is -0.147. The number of hydrazine groups is 1. The van der Waals surface area contributed by atoms with Crippen molar-refractivity contribution in [3.8, 4) is 11.5 Å². The average molecular weight is 386 g/mol. The third-order valence-electron chi connectivity index (χ3n) is 6.60. The molecular weight excluding hydrogens is 356 g/mol. The lowest BCUT2D eigenvalue weighted by Gasteiger charge is -2.55. The maximum atomic E-state index is 13.0. The third kappa shape index (κ3) is 3.56. The van der Waals surface area contributed by atoms with Gasteiger partial charge in [-0.15, -0.1) is 0 Å². The molecule has 1 aromatic rings. The summed E-state index contributed by atoms with van der Waals surface area (Å²) >= 11 is 0. The van der Waals surface area contributed by atoms with E-state index < -0.39 is 0 Å². The van der Waals surface area contributed by atoms with Crippen LogP contribution in [0.1, 0.15) is 62.7 Å². The van der Waals surface area contributed by atoms with E-state index in [1.807, 2.05) is 13.8 Å². The molecule has 4 bridgehead atoms. The summed E-state index contributed by atoms with van der Waals surface area (Å²) < 4.78 is 11.0. The number of amides is 2. The Labute approximate surface area is 166 Å². The predicted molar refractivity (Wildman–Crippen MR) is 105 cm³/mol. The molecular formula is C22H30N2O4. The highest BCUT2D eigenvalue weighted by Crippen LogP contribution is 2.60. The summed E-state index contributed by atoms with van der Waals surface area (Å²) in [7, 11) is 1.54.